The monoisotopic (exact) mass is 256 g/mol. The van der Waals surface area contributed by atoms with Gasteiger partial charge >= 0.3 is 0 Å². The number of rotatable bonds is 9. The molecule has 1 N–H and O–H groups in total. The molecule has 0 aliphatic rings. The van der Waals surface area contributed by atoms with Gasteiger partial charge in [-0.15, -0.1) is 11.3 Å². The molecule has 0 saturated carbocycles. The fourth-order valence-corrected chi connectivity index (χ4v) is 2.65. The van der Waals surface area contributed by atoms with Gasteiger partial charge in [-0.1, -0.05) is 6.92 Å². The van der Waals surface area contributed by atoms with E-state index in [4.69, 9.17) is 4.74 Å². The maximum atomic E-state index is 4.99. The standard InChI is InChI=1S/C13H24N2OS/c1-4-12-5-6-13(17-12)11-15(2)9-7-14-8-10-16-3/h5-6,14H,4,7-11H2,1-3H3. The van der Waals surface area contributed by atoms with Crippen LogP contribution in [-0.2, 0) is 17.7 Å². The summed E-state index contributed by atoms with van der Waals surface area (Å²) in [5.74, 6) is 0. The van der Waals surface area contributed by atoms with Crippen LogP contribution in [0.1, 0.15) is 16.7 Å². The number of hydrogen-bond acceptors (Lipinski definition) is 4. The van der Waals surface area contributed by atoms with Crippen LogP contribution < -0.4 is 5.32 Å². The van der Waals surface area contributed by atoms with Gasteiger partial charge in [0.1, 0.15) is 0 Å². The molecular weight excluding hydrogens is 232 g/mol. The van der Waals surface area contributed by atoms with Gasteiger partial charge in [0, 0.05) is 43.0 Å². The normalized spacial score (nSPS) is 11.3. The Morgan fingerprint density at radius 1 is 1.29 bits per heavy atom. The summed E-state index contributed by atoms with van der Waals surface area (Å²) in [6, 6.07) is 4.49. The minimum Gasteiger partial charge on any atom is -0.383 e. The molecule has 0 aliphatic heterocycles. The highest BCUT2D eigenvalue weighted by Crippen LogP contribution is 2.17. The molecule has 0 aromatic carbocycles. The second-order valence-corrected chi connectivity index (χ2v) is 5.46. The van der Waals surface area contributed by atoms with Crippen LogP contribution in [0.4, 0.5) is 0 Å². The van der Waals surface area contributed by atoms with Crippen LogP contribution in [0, 0.1) is 0 Å². The van der Waals surface area contributed by atoms with Gasteiger partial charge in [-0.3, -0.25) is 0 Å². The zero-order valence-corrected chi connectivity index (χ0v) is 12.0. The van der Waals surface area contributed by atoms with Crippen molar-refractivity contribution in [3.63, 3.8) is 0 Å². The summed E-state index contributed by atoms with van der Waals surface area (Å²) < 4.78 is 4.99. The number of thiophene rings is 1. The highest BCUT2D eigenvalue weighted by atomic mass is 32.1. The Hall–Kier alpha value is -0.420. The number of nitrogens with one attached hydrogen (secondary N) is 1. The first-order valence-electron chi connectivity index (χ1n) is 6.22. The lowest BCUT2D eigenvalue weighted by Crippen LogP contribution is -2.30. The zero-order valence-electron chi connectivity index (χ0n) is 11.2. The zero-order chi connectivity index (χ0) is 12.5. The summed E-state index contributed by atoms with van der Waals surface area (Å²) in [5, 5.41) is 3.36. The largest absolute Gasteiger partial charge is 0.383 e. The highest BCUT2D eigenvalue weighted by molar-refractivity contribution is 7.11. The first-order chi connectivity index (χ1) is 8.26. The summed E-state index contributed by atoms with van der Waals surface area (Å²) >= 11 is 1.93. The van der Waals surface area contributed by atoms with Gasteiger partial charge in [0.15, 0.2) is 0 Å². The quantitative estimate of drug-likeness (QED) is 0.684. The van der Waals surface area contributed by atoms with Gasteiger partial charge in [0.05, 0.1) is 6.61 Å². The van der Waals surface area contributed by atoms with Gasteiger partial charge < -0.3 is 15.0 Å². The Balaban J connectivity index is 2.13. The molecule has 1 aromatic rings. The van der Waals surface area contributed by atoms with Gasteiger partial charge in [-0.2, -0.15) is 0 Å². The third-order valence-electron chi connectivity index (χ3n) is 2.64. The molecule has 3 nitrogen and oxygen atoms in total. The van der Waals surface area contributed by atoms with Gasteiger partial charge in [0.2, 0.25) is 0 Å². The fourth-order valence-electron chi connectivity index (χ4n) is 1.61. The van der Waals surface area contributed by atoms with Crippen molar-refractivity contribution in [2.45, 2.75) is 19.9 Å². The van der Waals surface area contributed by atoms with E-state index in [2.05, 4.69) is 36.3 Å². The molecule has 0 aliphatic carbocycles. The van der Waals surface area contributed by atoms with Crippen molar-refractivity contribution in [1.82, 2.24) is 10.2 Å². The highest BCUT2D eigenvalue weighted by Gasteiger charge is 2.02. The molecule has 17 heavy (non-hydrogen) atoms. The maximum Gasteiger partial charge on any atom is 0.0587 e. The average Bonchev–Trinajstić information content (AvgIpc) is 2.76. The van der Waals surface area contributed by atoms with E-state index in [0.29, 0.717) is 0 Å². The number of nitrogens with zero attached hydrogens (tertiary/aromatic N) is 1. The Kier molecular flexibility index (Phi) is 7.44. The lowest BCUT2D eigenvalue weighted by molar-refractivity contribution is 0.197. The SMILES string of the molecule is CCc1ccc(CN(C)CCNCCOC)s1. The third-order valence-corrected chi connectivity index (χ3v) is 3.86. The second kappa shape index (κ2) is 8.64. The summed E-state index contributed by atoms with van der Waals surface area (Å²) in [5.41, 5.74) is 0. The number of methoxy groups -OCH3 is 1. The Morgan fingerprint density at radius 3 is 2.71 bits per heavy atom. The van der Waals surface area contributed by atoms with E-state index in [0.717, 1.165) is 39.2 Å². The van der Waals surface area contributed by atoms with E-state index >= 15 is 0 Å². The Labute approximate surface area is 109 Å². The van der Waals surface area contributed by atoms with E-state index in [1.54, 1.807) is 7.11 Å². The smallest absolute Gasteiger partial charge is 0.0587 e. The summed E-state index contributed by atoms with van der Waals surface area (Å²) in [7, 11) is 3.90. The Morgan fingerprint density at radius 2 is 2.06 bits per heavy atom. The molecule has 1 rings (SSSR count). The summed E-state index contributed by atoms with van der Waals surface area (Å²) in [6.45, 7) is 7.07. The van der Waals surface area contributed by atoms with E-state index in [1.807, 2.05) is 11.3 Å². The van der Waals surface area contributed by atoms with Crippen LogP contribution in [0.25, 0.3) is 0 Å². The first-order valence-corrected chi connectivity index (χ1v) is 7.03. The van der Waals surface area contributed by atoms with Crippen molar-refractivity contribution in [2.75, 3.05) is 40.4 Å². The van der Waals surface area contributed by atoms with E-state index < -0.39 is 0 Å². The van der Waals surface area contributed by atoms with Gasteiger partial charge in [-0.25, -0.2) is 0 Å². The third kappa shape index (κ3) is 6.17. The molecule has 0 spiro atoms. The second-order valence-electron chi connectivity index (χ2n) is 4.20. The predicted octanol–water partition coefficient (Wildman–Crippen LogP) is 1.98. The lowest BCUT2D eigenvalue weighted by atomic mass is 10.3. The number of hydrogen-bond donors (Lipinski definition) is 1. The number of likely N-dealkylation sites (N-methyl/N-ethyl adjacent to an activating group) is 1. The van der Waals surface area contributed by atoms with Crippen molar-refractivity contribution < 1.29 is 4.74 Å². The fraction of sp³-hybridized carbons (Fsp3) is 0.692. The topological polar surface area (TPSA) is 24.5 Å². The van der Waals surface area contributed by atoms with Crippen molar-refractivity contribution in [1.29, 1.82) is 0 Å². The van der Waals surface area contributed by atoms with Crippen molar-refractivity contribution in [3.05, 3.63) is 21.9 Å². The Bertz CT molecular complexity index is 301. The molecule has 1 aromatic heterocycles. The molecule has 0 unspecified atom stereocenters. The van der Waals surface area contributed by atoms with Crippen LogP contribution in [0.5, 0.6) is 0 Å². The molecular formula is C13H24N2OS. The minimum atomic E-state index is 0.786. The van der Waals surface area contributed by atoms with Crippen molar-refractivity contribution in [3.8, 4) is 0 Å². The van der Waals surface area contributed by atoms with E-state index in [-0.39, 0.29) is 0 Å². The summed E-state index contributed by atoms with van der Waals surface area (Å²) in [6.07, 6.45) is 1.15. The molecule has 4 heteroatoms. The molecule has 1 heterocycles. The van der Waals surface area contributed by atoms with E-state index in [1.165, 1.54) is 9.75 Å². The van der Waals surface area contributed by atoms with Gasteiger partial charge in [0.25, 0.3) is 0 Å². The lowest BCUT2D eigenvalue weighted by Gasteiger charge is -2.15. The molecule has 0 amide bonds. The van der Waals surface area contributed by atoms with Crippen molar-refractivity contribution in [2.24, 2.45) is 0 Å². The van der Waals surface area contributed by atoms with E-state index in [9.17, 15) is 0 Å². The number of ether oxygens (including phenoxy) is 1. The van der Waals surface area contributed by atoms with Crippen LogP contribution in [0.3, 0.4) is 0 Å². The molecule has 0 bridgehead atoms. The molecule has 98 valence electrons. The predicted molar refractivity (Wildman–Crippen MR) is 74.8 cm³/mol. The van der Waals surface area contributed by atoms with Crippen LogP contribution in [0.2, 0.25) is 0 Å². The molecule has 0 saturated heterocycles. The van der Waals surface area contributed by atoms with Crippen LogP contribution >= 0.6 is 11.3 Å². The molecule has 0 fully saturated rings. The molecule has 0 radical (unpaired) electrons. The number of aryl methyl sites for hydroxylation is 1. The minimum absolute atomic E-state index is 0.786. The summed E-state index contributed by atoms with van der Waals surface area (Å²) in [4.78, 5) is 5.29. The average molecular weight is 256 g/mol. The first kappa shape index (κ1) is 14.6. The van der Waals surface area contributed by atoms with Crippen molar-refractivity contribution >= 4 is 11.3 Å². The van der Waals surface area contributed by atoms with Crippen LogP contribution in [-0.4, -0.2) is 45.3 Å². The molecule has 0 atom stereocenters. The maximum absolute atomic E-state index is 4.99. The van der Waals surface area contributed by atoms with Gasteiger partial charge in [-0.05, 0) is 25.6 Å². The van der Waals surface area contributed by atoms with Crippen LogP contribution in [0.15, 0.2) is 12.1 Å².